The molecule has 4 heteroatoms. The Kier molecular flexibility index (Phi) is 3.53. The molecule has 1 aliphatic heterocycles. The van der Waals surface area contributed by atoms with Crippen molar-refractivity contribution in [3.05, 3.63) is 54.0 Å². The molecule has 4 nitrogen and oxygen atoms in total. The molecule has 19 heavy (non-hydrogen) atoms. The van der Waals surface area contributed by atoms with Crippen LogP contribution in [0.25, 0.3) is 0 Å². The summed E-state index contributed by atoms with van der Waals surface area (Å²) in [5, 5.41) is 0. The van der Waals surface area contributed by atoms with Gasteiger partial charge in [-0.15, -0.1) is 0 Å². The summed E-state index contributed by atoms with van der Waals surface area (Å²) < 4.78 is 11.1. The van der Waals surface area contributed by atoms with Gasteiger partial charge in [-0.2, -0.15) is 0 Å². The zero-order valence-electron chi connectivity index (χ0n) is 10.7. The van der Waals surface area contributed by atoms with Gasteiger partial charge < -0.3 is 9.15 Å². The summed E-state index contributed by atoms with van der Waals surface area (Å²) in [5.41, 5.74) is 4.11. The number of fused-ring (bicyclic) bond motifs is 1. The Bertz CT molecular complexity index is 525. The molecule has 2 aromatic rings. The van der Waals surface area contributed by atoms with Crippen molar-refractivity contribution >= 4 is 0 Å². The number of rotatable bonds is 4. The Morgan fingerprint density at radius 1 is 1.26 bits per heavy atom. The second-order valence-electron chi connectivity index (χ2n) is 4.84. The third-order valence-corrected chi connectivity index (χ3v) is 3.69. The minimum absolute atomic E-state index is 0.0335. The molecule has 0 saturated heterocycles. The van der Waals surface area contributed by atoms with Crippen LogP contribution in [0.2, 0.25) is 0 Å². The molecule has 3 rings (SSSR count). The van der Waals surface area contributed by atoms with Crippen LogP contribution in [0.5, 0.6) is 5.75 Å². The zero-order valence-corrected chi connectivity index (χ0v) is 10.7. The molecule has 0 amide bonds. The average Bonchev–Trinajstić information content (AvgIpc) is 2.99. The normalized spacial score (nSPS) is 19.5. The summed E-state index contributed by atoms with van der Waals surface area (Å²) in [4.78, 5) is 0. The molecule has 0 saturated carbocycles. The van der Waals surface area contributed by atoms with E-state index in [9.17, 15) is 0 Å². The van der Waals surface area contributed by atoms with Crippen molar-refractivity contribution in [1.82, 2.24) is 5.43 Å². The highest BCUT2D eigenvalue weighted by Crippen LogP contribution is 2.38. The molecule has 1 aromatic carbocycles. The largest absolute Gasteiger partial charge is 0.493 e. The van der Waals surface area contributed by atoms with Gasteiger partial charge in [0.1, 0.15) is 11.5 Å². The van der Waals surface area contributed by atoms with E-state index in [1.54, 1.807) is 6.26 Å². The highest BCUT2D eigenvalue weighted by molar-refractivity contribution is 5.37. The summed E-state index contributed by atoms with van der Waals surface area (Å²) in [5.74, 6) is 7.98. The first kappa shape index (κ1) is 12.3. The minimum Gasteiger partial charge on any atom is -0.493 e. The number of nitrogens with one attached hydrogen (secondary N) is 1. The predicted octanol–water partition coefficient (Wildman–Crippen LogP) is 2.74. The topological polar surface area (TPSA) is 60.4 Å². The Morgan fingerprint density at radius 2 is 2.16 bits per heavy atom. The fourth-order valence-electron chi connectivity index (χ4n) is 2.70. The van der Waals surface area contributed by atoms with Crippen molar-refractivity contribution in [2.24, 2.45) is 5.84 Å². The molecular formula is C15H18N2O2. The van der Waals surface area contributed by atoms with Crippen LogP contribution in [0, 0.1) is 0 Å². The standard InChI is InChI=1S/C15H18N2O2/c16-17-13(15-6-3-8-18-15)10-11-7-9-19-14-5-2-1-4-12(11)14/h1-6,8,11,13,17H,7,9-10,16H2. The number of para-hydroxylation sites is 1. The number of hydrogen-bond acceptors (Lipinski definition) is 4. The third kappa shape index (κ3) is 2.50. The number of furan rings is 1. The molecule has 0 aliphatic carbocycles. The van der Waals surface area contributed by atoms with Gasteiger partial charge in [0.05, 0.1) is 18.9 Å². The van der Waals surface area contributed by atoms with Gasteiger partial charge in [-0.1, -0.05) is 18.2 Å². The van der Waals surface area contributed by atoms with Gasteiger partial charge in [0.2, 0.25) is 0 Å². The number of ether oxygens (including phenoxy) is 1. The van der Waals surface area contributed by atoms with E-state index in [2.05, 4.69) is 17.6 Å². The predicted molar refractivity (Wildman–Crippen MR) is 72.7 cm³/mol. The Hall–Kier alpha value is -1.78. The molecular weight excluding hydrogens is 240 g/mol. The molecule has 2 atom stereocenters. The Balaban J connectivity index is 1.80. The van der Waals surface area contributed by atoms with Crippen LogP contribution in [-0.4, -0.2) is 6.61 Å². The first-order valence-electron chi connectivity index (χ1n) is 6.59. The Labute approximate surface area is 112 Å². The molecule has 0 spiro atoms. The molecule has 1 aliphatic rings. The summed E-state index contributed by atoms with van der Waals surface area (Å²) in [6, 6.07) is 12.1. The van der Waals surface area contributed by atoms with Crippen LogP contribution in [0.15, 0.2) is 47.1 Å². The summed E-state index contributed by atoms with van der Waals surface area (Å²) in [6.45, 7) is 0.761. The lowest BCUT2D eigenvalue weighted by atomic mass is 9.87. The fraction of sp³-hybridized carbons (Fsp3) is 0.333. The van der Waals surface area contributed by atoms with E-state index in [0.29, 0.717) is 5.92 Å². The highest BCUT2D eigenvalue weighted by Gasteiger charge is 2.25. The van der Waals surface area contributed by atoms with Gasteiger partial charge in [-0.05, 0) is 42.5 Å². The van der Waals surface area contributed by atoms with Gasteiger partial charge in [-0.3, -0.25) is 5.84 Å². The van der Waals surface area contributed by atoms with E-state index in [1.165, 1.54) is 5.56 Å². The number of nitrogens with two attached hydrogens (primary N) is 1. The van der Waals surface area contributed by atoms with Gasteiger partial charge in [0.25, 0.3) is 0 Å². The quantitative estimate of drug-likeness (QED) is 0.654. The molecule has 0 radical (unpaired) electrons. The lowest BCUT2D eigenvalue weighted by Gasteiger charge is -2.28. The summed E-state index contributed by atoms with van der Waals surface area (Å²) in [6.07, 6.45) is 3.60. The maximum absolute atomic E-state index is 5.68. The molecule has 1 aromatic heterocycles. The molecule has 2 heterocycles. The van der Waals surface area contributed by atoms with Crippen molar-refractivity contribution in [2.45, 2.75) is 24.8 Å². The maximum atomic E-state index is 5.68. The second-order valence-corrected chi connectivity index (χ2v) is 4.84. The minimum atomic E-state index is 0.0335. The molecule has 3 N–H and O–H groups in total. The number of hydrogen-bond donors (Lipinski definition) is 2. The van der Waals surface area contributed by atoms with Crippen LogP contribution < -0.4 is 16.0 Å². The van der Waals surface area contributed by atoms with E-state index in [-0.39, 0.29) is 6.04 Å². The SMILES string of the molecule is NNC(CC1CCOc2ccccc21)c1ccco1. The molecule has 100 valence electrons. The van der Waals surface area contributed by atoms with Crippen molar-refractivity contribution in [3.8, 4) is 5.75 Å². The monoisotopic (exact) mass is 258 g/mol. The van der Waals surface area contributed by atoms with E-state index >= 15 is 0 Å². The van der Waals surface area contributed by atoms with Crippen molar-refractivity contribution in [2.75, 3.05) is 6.61 Å². The maximum Gasteiger partial charge on any atom is 0.122 e. The molecule has 0 fully saturated rings. The molecule has 2 unspecified atom stereocenters. The van der Waals surface area contributed by atoms with E-state index in [0.717, 1.165) is 31.0 Å². The van der Waals surface area contributed by atoms with E-state index in [1.807, 2.05) is 24.3 Å². The van der Waals surface area contributed by atoms with Crippen LogP contribution in [0.4, 0.5) is 0 Å². The zero-order chi connectivity index (χ0) is 13.1. The van der Waals surface area contributed by atoms with Gasteiger partial charge in [0.15, 0.2) is 0 Å². The number of hydrazine groups is 1. The van der Waals surface area contributed by atoms with Crippen LogP contribution in [0.1, 0.15) is 36.1 Å². The average molecular weight is 258 g/mol. The lowest BCUT2D eigenvalue weighted by molar-refractivity contribution is 0.251. The second kappa shape index (κ2) is 5.47. The van der Waals surface area contributed by atoms with Crippen LogP contribution in [-0.2, 0) is 0 Å². The van der Waals surface area contributed by atoms with E-state index < -0.39 is 0 Å². The lowest BCUT2D eigenvalue weighted by Crippen LogP contribution is -2.30. The van der Waals surface area contributed by atoms with Gasteiger partial charge in [0, 0.05) is 0 Å². The smallest absolute Gasteiger partial charge is 0.122 e. The summed E-state index contributed by atoms with van der Waals surface area (Å²) >= 11 is 0. The Morgan fingerprint density at radius 3 is 2.95 bits per heavy atom. The van der Waals surface area contributed by atoms with Crippen LogP contribution in [0.3, 0.4) is 0 Å². The van der Waals surface area contributed by atoms with Crippen molar-refractivity contribution in [3.63, 3.8) is 0 Å². The highest BCUT2D eigenvalue weighted by atomic mass is 16.5. The third-order valence-electron chi connectivity index (χ3n) is 3.69. The van der Waals surface area contributed by atoms with Crippen molar-refractivity contribution in [1.29, 1.82) is 0 Å². The number of benzene rings is 1. The fourth-order valence-corrected chi connectivity index (χ4v) is 2.70. The van der Waals surface area contributed by atoms with E-state index in [4.69, 9.17) is 15.0 Å². The molecule has 0 bridgehead atoms. The van der Waals surface area contributed by atoms with Gasteiger partial charge >= 0.3 is 0 Å². The summed E-state index contributed by atoms with van der Waals surface area (Å²) in [7, 11) is 0. The first-order valence-corrected chi connectivity index (χ1v) is 6.59. The van der Waals surface area contributed by atoms with Crippen LogP contribution >= 0.6 is 0 Å². The van der Waals surface area contributed by atoms with Crippen molar-refractivity contribution < 1.29 is 9.15 Å². The van der Waals surface area contributed by atoms with Gasteiger partial charge in [-0.25, -0.2) is 5.43 Å². The first-order chi connectivity index (χ1) is 9.38.